The first-order chi connectivity index (χ1) is 12.5. The second-order valence-corrected chi connectivity index (χ2v) is 6.87. The Hall–Kier alpha value is -2.51. The lowest BCUT2D eigenvalue weighted by Gasteiger charge is -2.07. The summed E-state index contributed by atoms with van der Waals surface area (Å²) < 4.78 is 7.29. The first-order valence-corrected chi connectivity index (χ1v) is 9.05. The van der Waals surface area contributed by atoms with Crippen LogP contribution in [-0.4, -0.2) is 25.8 Å². The molecular formula is C18H16ClN3O3S. The lowest BCUT2D eigenvalue weighted by Crippen LogP contribution is -2.02. The van der Waals surface area contributed by atoms with Crippen molar-refractivity contribution in [1.82, 2.24) is 14.8 Å². The summed E-state index contributed by atoms with van der Waals surface area (Å²) in [5, 5.41) is 19.0. The summed E-state index contributed by atoms with van der Waals surface area (Å²) in [6, 6.07) is 10.8. The highest BCUT2D eigenvalue weighted by Crippen LogP contribution is 2.31. The molecule has 0 saturated carbocycles. The summed E-state index contributed by atoms with van der Waals surface area (Å²) in [6.45, 7) is 4.35. The number of aryl methyl sites for hydroxylation is 1. The molecule has 0 fully saturated rings. The molecule has 1 aromatic carbocycles. The average molecular weight is 390 g/mol. The van der Waals surface area contributed by atoms with Crippen LogP contribution in [-0.2, 0) is 11.3 Å². The number of hydrogen-bond acceptors (Lipinski definition) is 5. The maximum atomic E-state index is 11.6. The number of thioether (sulfide) groups is 1. The van der Waals surface area contributed by atoms with Gasteiger partial charge in [-0.25, -0.2) is 4.79 Å². The second-order valence-electron chi connectivity index (χ2n) is 5.42. The van der Waals surface area contributed by atoms with Gasteiger partial charge in [0, 0.05) is 23.2 Å². The molecule has 0 aliphatic rings. The maximum absolute atomic E-state index is 11.6. The summed E-state index contributed by atoms with van der Waals surface area (Å²) in [6.07, 6.45) is 1.48. The van der Waals surface area contributed by atoms with Gasteiger partial charge in [-0.3, -0.25) is 0 Å². The molecule has 6 nitrogen and oxygen atoms in total. The molecule has 2 heterocycles. The third kappa shape index (κ3) is 4.00. The number of rotatable bonds is 6. The Balaban J connectivity index is 1.94. The van der Waals surface area contributed by atoms with Crippen molar-refractivity contribution in [2.45, 2.75) is 25.5 Å². The van der Waals surface area contributed by atoms with E-state index >= 15 is 0 Å². The standard InChI is InChI=1S/C18H16ClN3O3S/c1-3-22-16(12-5-7-13(19)8-6-12)20-21-18(22)26-15(17(23)24)10-14-9-4-11(2)25-14/h4-10H,3H2,1-2H3,(H,23,24)/b15-10-. The molecule has 0 unspecified atom stereocenters. The number of benzene rings is 1. The molecule has 3 rings (SSSR count). The van der Waals surface area contributed by atoms with Gasteiger partial charge in [0.1, 0.15) is 16.4 Å². The molecule has 8 heteroatoms. The van der Waals surface area contributed by atoms with E-state index in [9.17, 15) is 9.90 Å². The molecule has 0 aliphatic carbocycles. The zero-order valence-corrected chi connectivity index (χ0v) is 15.7. The fourth-order valence-corrected chi connectivity index (χ4v) is 3.35. The van der Waals surface area contributed by atoms with Crippen molar-refractivity contribution in [3.8, 4) is 11.4 Å². The van der Waals surface area contributed by atoms with Gasteiger partial charge in [0.15, 0.2) is 11.0 Å². The van der Waals surface area contributed by atoms with E-state index in [0.29, 0.717) is 34.1 Å². The number of halogens is 1. The SMILES string of the molecule is CCn1c(S/C(=C\c2ccc(C)o2)C(=O)O)nnc1-c1ccc(Cl)cc1. The summed E-state index contributed by atoms with van der Waals surface area (Å²) in [5.41, 5.74) is 0.859. The largest absolute Gasteiger partial charge is 0.477 e. The smallest absolute Gasteiger partial charge is 0.342 e. The van der Waals surface area contributed by atoms with Crippen LogP contribution in [0.1, 0.15) is 18.4 Å². The lowest BCUT2D eigenvalue weighted by molar-refractivity contribution is -0.131. The summed E-state index contributed by atoms with van der Waals surface area (Å²) in [7, 11) is 0. The fourth-order valence-electron chi connectivity index (χ4n) is 2.36. The highest BCUT2D eigenvalue weighted by Gasteiger charge is 2.18. The molecular weight excluding hydrogens is 374 g/mol. The molecule has 134 valence electrons. The normalized spacial score (nSPS) is 11.7. The molecule has 26 heavy (non-hydrogen) atoms. The molecule has 0 amide bonds. The van der Waals surface area contributed by atoms with E-state index in [4.69, 9.17) is 16.0 Å². The lowest BCUT2D eigenvalue weighted by atomic mass is 10.2. The van der Waals surface area contributed by atoms with Gasteiger partial charge in [0.05, 0.1) is 0 Å². The Morgan fingerprint density at radius 1 is 1.27 bits per heavy atom. The van der Waals surface area contributed by atoms with Crippen LogP contribution in [0, 0.1) is 6.92 Å². The third-order valence-electron chi connectivity index (χ3n) is 3.58. The van der Waals surface area contributed by atoms with Crippen molar-refractivity contribution in [1.29, 1.82) is 0 Å². The zero-order valence-electron chi connectivity index (χ0n) is 14.1. The van der Waals surface area contributed by atoms with Crippen LogP contribution < -0.4 is 0 Å². The molecule has 0 radical (unpaired) electrons. The first-order valence-electron chi connectivity index (χ1n) is 7.86. The number of hydrogen-bond donors (Lipinski definition) is 1. The van der Waals surface area contributed by atoms with Gasteiger partial charge in [0.2, 0.25) is 0 Å². The van der Waals surface area contributed by atoms with Crippen LogP contribution >= 0.6 is 23.4 Å². The van der Waals surface area contributed by atoms with Gasteiger partial charge in [0.25, 0.3) is 0 Å². The van der Waals surface area contributed by atoms with E-state index in [1.807, 2.05) is 23.6 Å². The van der Waals surface area contributed by atoms with E-state index in [-0.39, 0.29) is 4.91 Å². The number of carboxylic acid groups (broad SMARTS) is 1. The van der Waals surface area contributed by atoms with Crippen LogP contribution in [0.3, 0.4) is 0 Å². The van der Waals surface area contributed by atoms with Gasteiger partial charge in [-0.2, -0.15) is 0 Å². The predicted molar refractivity (Wildman–Crippen MR) is 101 cm³/mol. The fraction of sp³-hybridized carbons (Fsp3) is 0.167. The number of aliphatic carboxylic acids is 1. The van der Waals surface area contributed by atoms with E-state index in [0.717, 1.165) is 17.3 Å². The van der Waals surface area contributed by atoms with Crippen molar-refractivity contribution in [2.75, 3.05) is 0 Å². The molecule has 2 aromatic heterocycles. The number of aromatic nitrogens is 3. The number of furan rings is 1. The van der Waals surface area contributed by atoms with Crippen LogP contribution in [0.4, 0.5) is 0 Å². The Bertz CT molecular complexity index is 960. The highest BCUT2D eigenvalue weighted by molar-refractivity contribution is 8.04. The predicted octanol–water partition coefficient (Wildman–Crippen LogP) is 4.74. The zero-order chi connectivity index (χ0) is 18.7. The summed E-state index contributed by atoms with van der Waals surface area (Å²) >= 11 is 6.97. The Labute approximate surface area is 159 Å². The average Bonchev–Trinajstić information content (AvgIpc) is 3.20. The number of carboxylic acids is 1. The molecule has 0 spiro atoms. The van der Waals surface area contributed by atoms with Gasteiger partial charge >= 0.3 is 5.97 Å². The van der Waals surface area contributed by atoms with Crippen LogP contribution in [0.25, 0.3) is 17.5 Å². The van der Waals surface area contributed by atoms with Gasteiger partial charge in [-0.15, -0.1) is 10.2 Å². The van der Waals surface area contributed by atoms with Crippen LogP contribution in [0.2, 0.25) is 5.02 Å². The van der Waals surface area contributed by atoms with Crippen molar-refractivity contribution >= 4 is 35.4 Å². The highest BCUT2D eigenvalue weighted by atomic mass is 35.5. The Kier molecular flexibility index (Phi) is 5.49. The van der Waals surface area contributed by atoms with E-state index in [1.165, 1.54) is 6.08 Å². The topological polar surface area (TPSA) is 81.2 Å². The van der Waals surface area contributed by atoms with Crippen molar-refractivity contribution in [3.63, 3.8) is 0 Å². The minimum Gasteiger partial charge on any atom is -0.477 e. The Morgan fingerprint density at radius 3 is 2.58 bits per heavy atom. The van der Waals surface area contributed by atoms with E-state index in [1.54, 1.807) is 31.2 Å². The minimum absolute atomic E-state index is 0.101. The molecule has 3 aromatic rings. The van der Waals surface area contributed by atoms with E-state index in [2.05, 4.69) is 10.2 Å². The molecule has 0 bridgehead atoms. The third-order valence-corrected chi connectivity index (χ3v) is 4.83. The van der Waals surface area contributed by atoms with Gasteiger partial charge in [-0.05, 0) is 62.0 Å². The summed E-state index contributed by atoms with van der Waals surface area (Å²) in [5.74, 6) is 0.800. The molecule has 0 saturated heterocycles. The second kappa shape index (κ2) is 7.80. The quantitative estimate of drug-likeness (QED) is 0.484. The monoisotopic (exact) mass is 389 g/mol. The Morgan fingerprint density at radius 2 is 2.00 bits per heavy atom. The molecule has 0 atom stereocenters. The first kappa shape index (κ1) is 18.3. The van der Waals surface area contributed by atoms with E-state index < -0.39 is 5.97 Å². The van der Waals surface area contributed by atoms with Crippen molar-refractivity contribution in [2.24, 2.45) is 0 Å². The maximum Gasteiger partial charge on any atom is 0.342 e. The number of nitrogens with zero attached hydrogens (tertiary/aromatic N) is 3. The molecule has 0 aliphatic heterocycles. The molecule has 1 N–H and O–H groups in total. The van der Waals surface area contributed by atoms with Gasteiger partial charge in [-0.1, -0.05) is 11.6 Å². The van der Waals surface area contributed by atoms with Crippen molar-refractivity contribution < 1.29 is 14.3 Å². The van der Waals surface area contributed by atoms with Crippen LogP contribution in [0.5, 0.6) is 0 Å². The minimum atomic E-state index is -1.05. The van der Waals surface area contributed by atoms with Gasteiger partial charge < -0.3 is 14.1 Å². The number of carbonyl (C=O) groups is 1. The van der Waals surface area contributed by atoms with Crippen LogP contribution in [0.15, 0.2) is 50.9 Å². The summed E-state index contributed by atoms with van der Waals surface area (Å²) in [4.78, 5) is 11.7. The van der Waals surface area contributed by atoms with Crippen molar-refractivity contribution in [3.05, 3.63) is 57.8 Å².